The Morgan fingerprint density at radius 1 is 1.06 bits per heavy atom. The van der Waals surface area contributed by atoms with Crippen LogP contribution in [-0.2, 0) is 6.54 Å². The fourth-order valence-electron chi connectivity index (χ4n) is 2.03. The predicted molar refractivity (Wildman–Crippen MR) is 80.2 cm³/mol. The summed E-state index contributed by atoms with van der Waals surface area (Å²) < 4.78 is 0. The van der Waals surface area contributed by atoms with Crippen molar-refractivity contribution >= 4 is 22.4 Å². The van der Waals surface area contributed by atoms with Crippen LogP contribution in [0.1, 0.15) is 19.4 Å². The maximum Gasteiger partial charge on any atom is 0.0286 e. The predicted octanol–water partition coefficient (Wildman–Crippen LogP) is 4.19. The number of benzene rings is 2. The van der Waals surface area contributed by atoms with E-state index in [1.807, 2.05) is 0 Å². The summed E-state index contributed by atoms with van der Waals surface area (Å²) in [5.41, 5.74) is 1.49. The molecule has 0 unspecified atom stereocenters. The van der Waals surface area contributed by atoms with Gasteiger partial charge in [-0.25, -0.2) is 0 Å². The second kappa shape index (κ2) is 5.73. The number of halogens is 1. The average molecular weight is 262 g/mol. The first-order chi connectivity index (χ1) is 8.62. The van der Waals surface area contributed by atoms with Gasteiger partial charge in [-0.2, -0.15) is 0 Å². The van der Waals surface area contributed by atoms with E-state index in [0.29, 0.717) is 5.88 Å². The lowest BCUT2D eigenvalue weighted by molar-refractivity contribution is 0.385. The van der Waals surface area contributed by atoms with Crippen molar-refractivity contribution in [2.45, 2.75) is 20.4 Å². The first kappa shape index (κ1) is 13.4. The van der Waals surface area contributed by atoms with Gasteiger partial charge in [0.25, 0.3) is 0 Å². The highest BCUT2D eigenvalue weighted by molar-refractivity contribution is 6.18. The molecule has 2 aromatic rings. The summed E-state index contributed by atoms with van der Waals surface area (Å²) in [7, 11) is 0. The summed E-state index contributed by atoms with van der Waals surface area (Å²) >= 11 is 5.93. The van der Waals surface area contributed by atoms with E-state index >= 15 is 0 Å². The first-order valence-electron chi connectivity index (χ1n) is 6.36. The molecular weight excluding hydrogens is 242 g/mol. The molecule has 0 heterocycles. The molecule has 0 spiro atoms. The van der Waals surface area contributed by atoms with Gasteiger partial charge < -0.3 is 5.32 Å². The normalized spacial score (nSPS) is 11.9. The number of fused-ring (bicyclic) bond motifs is 1. The molecular formula is C16H20ClN. The number of alkyl halides is 1. The van der Waals surface area contributed by atoms with E-state index in [4.69, 9.17) is 11.6 Å². The third-order valence-corrected chi connectivity index (χ3v) is 3.88. The van der Waals surface area contributed by atoms with E-state index in [-0.39, 0.29) is 5.41 Å². The second-order valence-corrected chi connectivity index (χ2v) is 5.81. The monoisotopic (exact) mass is 261 g/mol. The van der Waals surface area contributed by atoms with Gasteiger partial charge in [-0.15, -0.1) is 11.6 Å². The minimum atomic E-state index is 0.145. The highest BCUT2D eigenvalue weighted by Gasteiger charge is 2.15. The molecule has 0 bridgehead atoms. The van der Waals surface area contributed by atoms with Crippen LogP contribution in [-0.4, -0.2) is 12.4 Å². The van der Waals surface area contributed by atoms with Crippen molar-refractivity contribution in [2.24, 2.45) is 5.41 Å². The lowest BCUT2D eigenvalue weighted by Gasteiger charge is -2.22. The maximum atomic E-state index is 5.93. The second-order valence-electron chi connectivity index (χ2n) is 5.54. The third-order valence-electron chi connectivity index (χ3n) is 3.16. The standard InChI is InChI=1S/C16H20ClN/c1-16(2,11-17)12-18-10-14-8-5-7-13-6-3-4-9-15(13)14/h3-9,18H,10-12H2,1-2H3. The molecule has 0 aromatic heterocycles. The molecule has 18 heavy (non-hydrogen) atoms. The molecule has 0 fully saturated rings. The van der Waals surface area contributed by atoms with Gasteiger partial charge in [-0.1, -0.05) is 56.3 Å². The van der Waals surface area contributed by atoms with Crippen LogP contribution in [0, 0.1) is 5.41 Å². The minimum Gasteiger partial charge on any atom is -0.312 e. The van der Waals surface area contributed by atoms with Gasteiger partial charge in [0.1, 0.15) is 0 Å². The Morgan fingerprint density at radius 2 is 1.78 bits per heavy atom. The molecule has 1 nitrogen and oxygen atoms in total. The zero-order valence-electron chi connectivity index (χ0n) is 11.0. The van der Waals surface area contributed by atoms with Crippen molar-refractivity contribution in [3.63, 3.8) is 0 Å². The van der Waals surface area contributed by atoms with Gasteiger partial charge in [-0.05, 0) is 21.8 Å². The number of hydrogen-bond acceptors (Lipinski definition) is 1. The van der Waals surface area contributed by atoms with Crippen LogP contribution in [0.2, 0.25) is 0 Å². The summed E-state index contributed by atoms with van der Waals surface area (Å²) in [5, 5.41) is 6.13. The molecule has 2 rings (SSSR count). The van der Waals surface area contributed by atoms with Crippen molar-refractivity contribution in [1.29, 1.82) is 0 Å². The number of nitrogens with one attached hydrogen (secondary N) is 1. The van der Waals surface area contributed by atoms with Gasteiger partial charge in [0.2, 0.25) is 0 Å². The fraction of sp³-hybridized carbons (Fsp3) is 0.375. The Morgan fingerprint density at radius 3 is 2.56 bits per heavy atom. The summed E-state index contributed by atoms with van der Waals surface area (Å²) in [5.74, 6) is 0.676. The van der Waals surface area contributed by atoms with Gasteiger partial charge >= 0.3 is 0 Å². The fourth-order valence-corrected chi connectivity index (χ4v) is 2.12. The molecule has 1 N–H and O–H groups in total. The molecule has 2 heteroatoms. The summed E-state index contributed by atoms with van der Waals surface area (Å²) in [6, 6.07) is 15.0. The Hall–Kier alpha value is -1.05. The zero-order chi connectivity index (χ0) is 13.0. The van der Waals surface area contributed by atoms with Crippen molar-refractivity contribution in [2.75, 3.05) is 12.4 Å². The molecule has 0 saturated carbocycles. The summed E-state index contributed by atoms with van der Waals surface area (Å²) in [6.45, 7) is 6.17. The highest BCUT2D eigenvalue weighted by Crippen LogP contribution is 2.19. The number of rotatable bonds is 5. The largest absolute Gasteiger partial charge is 0.312 e. The Balaban J connectivity index is 2.08. The van der Waals surface area contributed by atoms with Crippen molar-refractivity contribution in [3.8, 4) is 0 Å². The van der Waals surface area contributed by atoms with E-state index in [2.05, 4.69) is 61.6 Å². The van der Waals surface area contributed by atoms with Gasteiger partial charge in [0.15, 0.2) is 0 Å². The molecule has 0 atom stereocenters. The highest BCUT2D eigenvalue weighted by atomic mass is 35.5. The van der Waals surface area contributed by atoms with Crippen molar-refractivity contribution < 1.29 is 0 Å². The molecule has 0 aliphatic rings. The lowest BCUT2D eigenvalue weighted by Crippen LogP contribution is -2.30. The molecule has 0 radical (unpaired) electrons. The van der Waals surface area contributed by atoms with E-state index < -0.39 is 0 Å². The quantitative estimate of drug-likeness (QED) is 0.796. The van der Waals surface area contributed by atoms with E-state index in [1.165, 1.54) is 16.3 Å². The van der Waals surface area contributed by atoms with E-state index in [1.54, 1.807) is 0 Å². The Labute approximate surface area is 114 Å². The molecule has 0 amide bonds. The topological polar surface area (TPSA) is 12.0 Å². The molecule has 0 aliphatic carbocycles. The van der Waals surface area contributed by atoms with E-state index in [9.17, 15) is 0 Å². The smallest absolute Gasteiger partial charge is 0.0286 e. The first-order valence-corrected chi connectivity index (χ1v) is 6.89. The van der Waals surface area contributed by atoms with Crippen LogP contribution in [0.4, 0.5) is 0 Å². The molecule has 96 valence electrons. The van der Waals surface area contributed by atoms with Crippen LogP contribution in [0.3, 0.4) is 0 Å². The molecule has 0 saturated heterocycles. The van der Waals surface area contributed by atoms with Gasteiger partial charge in [0, 0.05) is 19.0 Å². The van der Waals surface area contributed by atoms with Crippen LogP contribution in [0.15, 0.2) is 42.5 Å². The third kappa shape index (κ3) is 3.24. The molecule has 0 aliphatic heterocycles. The summed E-state index contributed by atoms with van der Waals surface area (Å²) in [4.78, 5) is 0. The lowest BCUT2D eigenvalue weighted by atomic mass is 9.96. The van der Waals surface area contributed by atoms with E-state index in [0.717, 1.165) is 13.1 Å². The Kier molecular flexibility index (Phi) is 4.26. The number of hydrogen-bond donors (Lipinski definition) is 1. The van der Waals surface area contributed by atoms with Gasteiger partial charge in [-0.3, -0.25) is 0 Å². The van der Waals surface area contributed by atoms with Crippen LogP contribution in [0.5, 0.6) is 0 Å². The average Bonchev–Trinajstić information content (AvgIpc) is 2.39. The molecule has 2 aromatic carbocycles. The van der Waals surface area contributed by atoms with Crippen LogP contribution >= 0.6 is 11.6 Å². The van der Waals surface area contributed by atoms with Crippen molar-refractivity contribution in [1.82, 2.24) is 5.32 Å². The SMILES string of the molecule is CC(C)(CCl)CNCc1cccc2ccccc12. The van der Waals surface area contributed by atoms with Gasteiger partial charge in [0.05, 0.1) is 0 Å². The zero-order valence-corrected chi connectivity index (χ0v) is 11.8. The van der Waals surface area contributed by atoms with Crippen molar-refractivity contribution in [3.05, 3.63) is 48.0 Å². The minimum absolute atomic E-state index is 0.145. The maximum absolute atomic E-state index is 5.93. The Bertz CT molecular complexity index is 514. The van der Waals surface area contributed by atoms with Crippen LogP contribution < -0.4 is 5.32 Å². The van der Waals surface area contributed by atoms with Crippen LogP contribution in [0.25, 0.3) is 10.8 Å². The summed E-state index contributed by atoms with van der Waals surface area (Å²) in [6.07, 6.45) is 0.